The number of nitrogens with zero attached hydrogens (tertiary/aromatic N) is 3. The molecule has 8 nitrogen and oxygen atoms in total. The van der Waals surface area contributed by atoms with Crippen LogP contribution in [0, 0.1) is 0 Å². The summed E-state index contributed by atoms with van der Waals surface area (Å²) in [4.78, 5) is 26.7. The molecule has 3 heterocycles. The predicted molar refractivity (Wildman–Crippen MR) is 141 cm³/mol. The van der Waals surface area contributed by atoms with Gasteiger partial charge in [0.15, 0.2) is 0 Å². The largest absolute Gasteiger partial charge is 0.349 e. The average Bonchev–Trinajstić information content (AvgIpc) is 3.46. The molecule has 1 saturated carbocycles. The van der Waals surface area contributed by atoms with Crippen molar-refractivity contribution >= 4 is 40.5 Å². The van der Waals surface area contributed by atoms with Gasteiger partial charge in [0.25, 0.3) is 5.91 Å². The van der Waals surface area contributed by atoms with Crippen molar-refractivity contribution in [3.63, 3.8) is 0 Å². The Morgan fingerprint density at radius 3 is 2.69 bits per heavy atom. The van der Waals surface area contributed by atoms with Crippen molar-refractivity contribution in [1.29, 1.82) is 0 Å². The highest BCUT2D eigenvalue weighted by Crippen LogP contribution is 2.33. The fourth-order valence-corrected chi connectivity index (χ4v) is 5.04. The molecule has 2 aliphatic rings. The third-order valence-electron chi connectivity index (χ3n) is 6.31. The molecule has 4 N–H and O–H groups in total. The number of benzene rings is 1. The summed E-state index contributed by atoms with van der Waals surface area (Å²) in [6, 6.07) is 6.63. The number of hydrogen-bond acceptors (Lipinski definition) is 8. The fourth-order valence-electron chi connectivity index (χ4n) is 4.20. The number of fused-ring (bicyclic) bond motifs is 1. The van der Waals surface area contributed by atoms with Crippen LogP contribution in [0.3, 0.4) is 0 Å². The molecule has 5 rings (SSSR count). The first kappa shape index (κ1) is 23.7. The van der Waals surface area contributed by atoms with E-state index in [1.807, 2.05) is 5.38 Å². The van der Waals surface area contributed by atoms with E-state index in [2.05, 4.69) is 84.1 Å². The van der Waals surface area contributed by atoms with Gasteiger partial charge in [0, 0.05) is 47.2 Å². The van der Waals surface area contributed by atoms with Gasteiger partial charge in [-0.1, -0.05) is 40.7 Å². The Hall–Kier alpha value is -3.04. The lowest BCUT2D eigenvalue weighted by Gasteiger charge is -2.33. The molecule has 9 heteroatoms. The van der Waals surface area contributed by atoms with Crippen molar-refractivity contribution in [2.24, 2.45) is 0 Å². The van der Waals surface area contributed by atoms with Crippen molar-refractivity contribution in [2.75, 3.05) is 17.2 Å². The Kier molecular flexibility index (Phi) is 6.01. The number of nitrogens with one attached hydrogen (secondary N) is 4. The van der Waals surface area contributed by atoms with Gasteiger partial charge in [-0.15, -0.1) is 11.3 Å². The zero-order valence-electron chi connectivity index (χ0n) is 21.0. The van der Waals surface area contributed by atoms with Crippen molar-refractivity contribution in [3.05, 3.63) is 51.5 Å². The number of rotatable bonds is 6. The normalized spacial score (nSPS) is 16.9. The highest BCUT2D eigenvalue weighted by molar-refractivity contribution is 7.10. The summed E-state index contributed by atoms with van der Waals surface area (Å²) in [5, 5.41) is 16.1. The molecule has 3 aromatic rings. The fraction of sp³-hybridized carbons (Fsp3) is 0.462. The Bertz CT molecular complexity index is 1260. The third kappa shape index (κ3) is 5.31. The van der Waals surface area contributed by atoms with Crippen LogP contribution in [0.15, 0.2) is 29.8 Å². The summed E-state index contributed by atoms with van der Waals surface area (Å²) in [5.74, 6) is 1.36. The van der Waals surface area contributed by atoms with E-state index >= 15 is 0 Å². The van der Waals surface area contributed by atoms with E-state index in [-0.39, 0.29) is 22.8 Å². The lowest BCUT2D eigenvalue weighted by atomic mass is 9.79. The number of amides is 1. The predicted octanol–water partition coefficient (Wildman–Crippen LogP) is 4.99. The standard InChI is InChI=1S/C26H33N7OS/c1-25(2,3)23-32-20(13-35-23)31-21-18(22(34)29-16-6-7-16)12-28-24(33-21)30-17-8-9-19-15(10-17)11-27-14-26(19,4)5/h8-10,12-13,16,27H,6-7,11,14H2,1-5H3,(H,29,34)(H2,28,30,31,33). The smallest absolute Gasteiger partial charge is 0.256 e. The van der Waals surface area contributed by atoms with E-state index in [1.165, 1.54) is 11.1 Å². The second kappa shape index (κ2) is 8.87. The van der Waals surface area contributed by atoms with Gasteiger partial charge < -0.3 is 21.3 Å². The second-order valence-electron chi connectivity index (χ2n) is 11.1. The molecule has 0 radical (unpaired) electrons. The molecular weight excluding hydrogens is 458 g/mol. The van der Waals surface area contributed by atoms with Crippen LogP contribution >= 0.6 is 11.3 Å². The first-order chi connectivity index (χ1) is 16.6. The first-order valence-electron chi connectivity index (χ1n) is 12.1. The van der Waals surface area contributed by atoms with Gasteiger partial charge in [-0.05, 0) is 36.1 Å². The quantitative estimate of drug-likeness (QED) is 0.385. The Morgan fingerprint density at radius 2 is 1.97 bits per heavy atom. The zero-order valence-corrected chi connectivity index (χ0v) is 21.8. The monoisotopic (exact) mass is 491 g/mol. The van der Waals surface area contributed by atoms with E-state index in [0.29, 0.717) is 23.1 Å². The Balaban J connectivity index is 1.43. The molecule has 1 aliphatic heterocycles. The summed E-state index contributed by atoms with van der Waals surface area (Å²) in [7, 11) is 0. The molecule has 0 unspecified atom stereocenters. The Morgan fingerprint density at radius 1 is 1.17 bits per heavy atom. The molecule has 1 aromatic carbocycles. The van der Waals surface area contributed by atoms with Crippen LogP contribution in [0.2, 0.25) is 0 Å². The molecule has 1 aliphatic carbocycles. The van der Waals surface area contributed by atoms with Gasteiger partial charge in [0.2, 0.25) is 5.95 Å². The minimum atomic E-state index is -0.171. The van der Waals surface area contributed by atoms with Gasteiger partial charge in [-0.3, -0.25) is 4.79 Å². The summed E-state index contributed by atoms with van der Waals surface area (Å²) in [6.07, 6.45) is 3.61. The SMILES string of the molecule is CC(C)(C)c1nc(Nc2nc(Nc3ccc4c(c3)CNCC4(C)C)ncc2C(=O)NC2CC2)cs1. The van der Waals surface area contributed by atoms with Crippen molar-refractivity contribution in [1.82, 2.24) is 25.6 Å². The van der Waals surface area contributed by atoms with Crippen LogP contribution in [0.5, 0.6) is 0 Å². The topological polar surface area (TPSA) is 104 Å². The van der Waals surface area contributed by atoms with Crippen LogP contribution in [-0.2, 0) is 17.4 Å². The molecule has 0 bridgehead atoms. The van der Waals surface area contributed by atoms with Crippen molar-refractivity contribution in [2.45, 2.75) is 70.9 Å². The van der Waals surface area contributed by atoms with E-state index in [4.69, 9.17) is 4.98 Å². The lowest BCUT2D eigenvalue weighted by Crippen LogP contribution is -2.38. The van der Waals surface area contributed by atoms with Gasteiger partial charge in [0.1, 0.15) is 22.2 Å². The maximum atomic E-state index is 12.9. The Labute approximate surface area is 210 Å². The van der Waals surface area contributed by atoms with E-state index in [0.717, 1.165) is 36.6 Å². The molecule has 184 valence electrons. The number of thiazole rings is 1. The first-order valence-corrected chi connectivity index (χ1v) is 13.0. The van der Waals surface area contributed by atoms with Crippen LogP contribution in [0.1, 0.15) is 74.0 Å². The minimum absolute atomic E-state index is 0.0506. The number of aromatic nitrogens is 3. The summed E-state index contributed by atoms with van der Waals surface area (Å²) in [6.45, 7) is 12.7. The summed E-state index contributed by atoms with van der Waals surface area (Å²) >= 11 is 1.59. The van der Waals surface area contributed by atoms with Gasteiger partial charge in [-0.2, -0.15) is 4.98 Å². The van der Waals surface area contributed by atoms with Crippen LogP contribution in [0.25, 0.3) is 0 Å². The zero-order chi connectivity index (χ0) is 24.8. The van der Waals surface area contributed by atoms with E-state index in [9.17, 15) is 4.79 Å². The molecule has 0 spiro atoms. The van der Waals surface area contributed by atoms with E-state index < -0.39 is 0 Å². The molecule has 2 aromatic heterocycles. The number of carbonyl (C=O) groups excluding carboxylic acids is 1. The van der Waals surface area contributed by atoms with Crippen LogP contribution < -0.4 is 21.3 Å². The van der Waals surface area contributed by atoms with Gasteiger partial charge in [0.05, 0.1) is 0 Å². The van der Waals surface area contributed by atoms with Crippen LogP contribution in [-0.4, -0.2) is 33.4 Å². The third-order valence-corrected chi connectivity index (χ3v) is 7.58. The van der Waals surface area contributed by atoms with Gasteiger partial charge in [-0.25, -0.2) is 9.97 Å². The maximum absolute atomic E-state index is 12.9. The molecule has 1 fully saturated rings. The average molecular weight is 492 g/mol. The molecule has 0 atom stereocenters. The number of carbonyl (C=O) groups is 1. The summed E-state index contributed by atoms with van der Waals surface area (Å²) in [5.41, 5.74) is 3.98. The minimum Gasteiger partial charge on any atom is -0.349 e. The summed E-state index contributed by atoms with van der Waals surface area (Å²) < 4.78 is 0. The molecule has 1 amide bonds. The number of hydrogen-bond donors (Lipinski definition) is 4. The maximum Gasteiger partial charge on any atom is 0.256 e. The lowest BCUT2D eigenvalue weighted by molar-refractivity contribution is 0.0951. The van der Waals surface area contributed by atoms with Crippen molar-refractivity contribution in [3.8, 4) is 0 Å². The number of anilines is 4. The molecule has 35 heavy (non-hydrogen) atoms. The highest BCUT2D eigenvalue weighted by atomic mass is 32.1. The molecule has 0 saturated heterocycles. The molecular formula is C26H33N7OS. The van der Waals surface area contributed by atoms with Crippen LogP contribution in [0.4, 0.5) is 23.3 Å². The second-order valence-corrected chi connectivity index (χ2v) is 12.0. The highest BCUT2D eigenvalue weighted by Gasteiger charge is 2.28. The van der Waals surface area contributed by atoms with E-state index in [1.54, 1.807) is 17.5 Å². The van der Waals surface area contributed by atoms with Gasteiger partial charge >= 0.3 is 0 Å². The van der Waals surface area contributed by atoms with Crippen molar-refractivity contribution < 1.29 is 4.79 Å².